The van der Waals surface area contributed by atoms with Crippen LogP contribution in [-0.4, -0.2) is 63.3 Å². The molecule has 1 aliphatic rings. The maximum atomic E-state index is 12.5. The van der Waals surface area contributed by atoms with Gasteiger partial charge in [-0.05, 0) is 13.8 Å². The highest BCUT2D eigenvalue weighted by Gasteiger charge is 2.47. The van der Waals surface area contributed by atoms with Gasteiger partial charge in [0.15, 0.2) is 10.8 Å². The van der Waals surface area contributed by atoms with Crippen molar-refractivity contribution < 1.29 is 24.3 Å². The molecule has 3 atom stereocenters. The minimum absolute atomic E-state index is 0.135. The summed E-state index contributed by atoms with van der Waals surface area (Å²) in [6, 6.07) is -1.84. The molecular weight excluding hydrogens is 382 g/mol. The number of thioether (sulfide) groups is 1. The Morgan fingerprint density at radius 1 is 1.58 bits per heavy atom. The Morgan fingerprint density at radius 2 is 2.27 bits per heavy atom. The van der Waals surface area contributed by atoms with Gasteiger partial charge in [0, 0.05) is 10.1 Å². The molecule has 2 heterocycles. The van der Waals surface area contributed by atoms with Crippen molar-refractivity contribution in [3.8, 4) is 0 Å². The quantitative estimate of drug-likeness (QED) is 0.272. The lowest BCUT2D eigenvalue weighted by Crippen LogP contribution is -2.52. The van der Waals surface area contributed by atoms with E-state index >= 15 is 0 Å². The molecule has 1 fully saturated rings. The summed E-state index contributed by atoms with van der Waals surface area (Å²) in [5.41, 5.74) is 5.65. The Hall–Kier alpha value is -2.18. The number of rotatable bonds is 7. The highest BCUT2D eigenvalue weighted by atomic mass is 32.2. The number of nitrogens with one attached hydrogen (secondary N) is 2. The smallest absolute Gasteiger partial charge is 0.322 e. The third-order valence-electron chi connectivity index (χ3n) is 3.64. The van der Waals surface area contributed by atoms with Crippen LogP contribution in [0.3, 0.4) is 0 Å². The molecule has 0 saturated carbocycles. The van der Waals surface area contributed by atoms with Gasteiger partial charge in [-0.15, -0.1) is 23.1 Å². The van der Waals surface area contributed by atoms with Crippen LogP contribution in [0.2, 0.25) is 0 Å². The van der Waals surface area contributed by atoms with Crippen LogP contribution < -0.4 is 16.4 Å². The molecule has 5 N–H and O–H groups in total. The summed E-state index contributed by atoms with van der Waals surface area (Å²) in [4.78, 5) is 44.1. The summed E-state index contributed by atoms with van der Waals surface area (Å²) in [6.45, 7) is 3.51. The number of thiazole rings is 1. The van der Waals surface area contributed by atoms with E-state index in [1.165, 1.54) is 24.3 Å². The van der Waals surface area contributed by atoms with Gasteiger partial charge in [0.1, 0.15) is 31.2 Å². The van der Waals surface area contributed by atoms with Gasteiger partial charge in [-0.1, -0.05) is 5.16 Å². The van der Waals surface area contributed by atoms with Gasteiger partial charge in [-0.25, -0.2) is 4.98 Å². The van der Waals surface area contributed by atoms with Gasteiger partial charge in [0.2, 0.25) is 0 Å². The molecule has 142 valence electrons. The van der Waals surface area contributed by atoms with Crippen LogP contribution in [0.5, 0.6) is 0 Å². The standard InChI is InChI=1S/C14H19N5O5S2/c1-14(2)9(12(22)23)18-11(26-14)6(4-20)16-10(21)8(19-24-3)7-5-25-13(15)17-7/h4-6,9,11,18H,1-3H3,(H2,15,17)(H,16,21)(H,22,23)/b19-8+/t6-,9-,11-/m1/s1. The van der Waals surface area contributed by atoms with Crippen LogP contribution >= 0.6 is 23.1 Å². The Kier molecular flexibility index (Phi) is 6.21. The Labute approximate surface area is 157 Å². The van der Waals surface area contributed by atoms with Crippen molar-refractivity contribution in [3.05, 3.63) is 11.1 Å². The van der Waals surface area contributed by atoms with E-state index in [0.29, 0.717) is 6.29 Å². The Morgan fingerprint density at radius 3 is 2.73 bits per heavy atom. The lowest BCUT2D eigenvalue weighted by Gasteiger charge is -2.21. The second-order valence-corrected chi connectivity index (χ2v) is 8.59. The van der Waals surface area contributed by atoms with E-state index in [2.05, 4.69) is 25.6 Å². The number of nitrogens with zero attached hydrogens (tertiary/aromatic N) is 2. The first-order valence-corrected chi connectivity index (χ1v) is 9.21. The van der Waals surface area contributed by atoms with Crippen LogP contribution in [0.1, 0.15) is 19.5 Å². The number of carboxylic acids is 1. The minimum Gasteiger partial charge on any atom is -0.480 e. The van der Waals surface area contributed by atoms with Crippen molar-refractivity contribution in [2.75, 3.05) is 12.8 Å². The summed E-state index contributed by atoms with van der Waals surface area (Å²) in [5.74, 6) is -1.71. The zero-order valence-corrected chi connectivity index (χ0v) is 15.9. The summed E-state index contributed by atoms with van der Waals surface area (Å²) in [5, 5.41) is 19.5. The number of nitrogen functional groups attached to an aromatic ring is 1. The molecule has 1 saturated heterocycles. The third-order valence-corrected chi connectivity index (χ3v) is 5.84. The maximum Gasteiger partial charge on any atom is 0.322 e. The molecule has 26 heavy (non-hydrogen) atoms. The molecule has 1 aliphatic heterocycles. The number of carbonyl (C=O) groups is 3. The SMILES string of the molecule is CO/N=C(/C(=O)N[C@H](C=O)[C@@H]1N[C@H](C(=O)O)C(C)(C)S1)c1csc(N)n1. The number of hydrogen-bond donors (Lipinski definition) is 4. The molecule has 0 aliphatic carbocycles. The van der Waals surface area contributed by atoms with Gasteiger partial charge < -0.3 is 25.8 Å². The number of nitrogens with two attached hydrogens (primary N) is 1. The normalized spacial score (nSPS) is 23.3. The molecule has 0 unspecified atom stereocenters. The number of carbonyl (C=O) groups excluding carboxylic acids is 2. The number of aliphatic carboxylic acids is 1. The minimum atomic E-state index is -1.03. The highest BCUT2D eigenvalue weighted by molar-refractivity contribution is 8.01. The molecule has 2 rings (SSSR count). The Balaban J connectivity index is 2.16. The maximum absolute atomic E-state index is 12.5. The summed E-state index contributed by atoms with van der Waals surface area (Å²) < 4.78 is -0.657. The van der Waals surface area contributed by atoms with Crippen LogP contribution in [0.25, 0.3) is 0 Å². The number of carboxylic acid groups (broad SMARTS) is 1. The number of aromatic nitrogens is 1. The van der Waals surface area contributed by atoms with Crippen LogP contribution in [0.4, 0.5) is 5.13 Å². The molecule has 0 bridgehead atoms. The molecule has 0 spiro atoms. The van der Waals surface area contributed by atoms with E-state index in [9.17, 15) is 19.5 Å². The van der Waals surface area contributed by atoms with Gasteiger partial charge in [0.05, 0.1) is 5.37 Å². The van der Waals surface area contributed by atoms with E-state index in [-0.39, 0.29) is 16.5 Å². The average molecular weight is 401 g/mol. The van der Waals surface area contributed by atoms with Crippen LogP contribution in [-0.2, 0) is 19.2 Å². The zero-order chi connectivity index (χ0) is 19.5. The van der Waals surface area contributed by atoms with E-state index in [1.54, 1.807) is 13.8 Å². The van der Waals surface area contributed by atoms with E-state index in [0.717, 1.165) is 11.3 Å². The number of hydrogen-bond acceptors (Lipinski definition) is 10. The molecule has 1 aromatic rings. The summed E-state index contributed by atoms with van der Waals surface area (Å²) in [6.07, 6.45) is 0.544. The fourth-order valence-electron chi connectivity index (χ4n) is 2.43. The number of aldehydes is 1. The van der Waals surface area contributed by atoms with Crippen LogP contribution in [0, 0.1) is 0 Å². The second kappa shape index (κ2) is 8.01. The van der Waals surface area contributed by atoms with E-state index in [4.69, 9.17) is 5.73 Å². The molecule has 1 amide bonds. The van der Waals surface area contributed by atoms with Crippen molar-refractivity contribution in [2.45, 2.75) is 36.1 Å². The second-order valence-electron chi connectivity index (χ2n) is 5.91. The first-order valence-electron chi connectivity index (χ1n) is 7.45. The molecule has 1 aromatic heterocycles. The fraction of sp³-hybridized carbons (Fsp3) is 0.500. The van der Waals surface area contributed by atoms with Crippen molar-refractivity contribution >= 4 is 52.1 Å². The first-order chi connectivity index (χ1) is 12.2. The average Bonchev–Trinajstić information content (AvgIpc) is 3.12. The van der Waals surface area contributed by atoms with Crippen LogP contribution in [0.15, 0.2) is 10.5 Å². The third kappa shape index (κ3) is 4.31. The summed E-state index contributed by atoms with van der Waals surface area (Å²) >= 11 is 2.39. The largest absolute Gasteiger partial charge is 0.480 e. The molecule has 0 radical (unpaired) electrons. The molecule has 0 aromatic carbocycles. The first kappa shape index (κ1) is 20.1. The van der Waals surface area contributed by atoms with Gasteiger partial charge in [-0.3, -0.25) is 14.9 Å². The van der Waals surface area contributed by atoms with Crippen molar-refractivity contribution in [1.29, 1.82) is 0 Å². The monoisotopic (exact) mass is 401 g/mol. The predicted octanol–water partition coefficient (Wildman–Crippen LogP) is -0.346. The van der Waals surface area contributed by atoms with Crippen molar-refractivity contribution in [3.63, 3.8) is 0 Å². The topological polar surface area (TPSA) is 156 Å². The molecule has 12 heteroatoms. The van der Waals surface area contributed by atoms with Crippen molar-refractivity contribution in [1.82, 2.24) is 15.6 Å². The Bertz CT molecular complexity index is 735. The number of amides is 1. The molecule has 10 nitrogen and oxygen atoms in total. The lowest BCUT2D eigenvalue weighted by atomic mass is 10.0. The zero-order valence-electron chi connectivity index (χ0n) is 14.3. The number of anilines is 1. The summed E-state index contributed by atoms with van der Waals surface area (Å²) in [7, 11) is 1.27. The predicted molar refractivity (Wildman–Crippen MR) is 98.1 cm³/mol. The van der Waals surface area contributed by atoms with Gasteiger partial charge in [0.25, 0.3) is 5.91 Å². The van der Waals surface area contributed by atoms with E-state index in [1.807, 2.05) is 0 Å². The number of oxime groups is 1. The van der Waals surface area contributed by atoms with Crippen molar-refractivity contribution in [2.24, 2.45) is 5.16 Å². The highest BCUT2D eigenvalue weighted by Crippen LogP contribution is 2.38. The molecular formula is C14H19N5O5S2. The fourth-order valence-corrected chi connectivity index (χ4v) is 4.42. The van der Waals surface area contributed by atoms with E-state index < -0.39 is 34.1 Å². The van der Waals surface area contributed by atoms with Gasteiger partial charge in [-0.2, -0.15) is 0 Å². The van der Waals surface area contributed by atoms with Gasteiger partial charge >= 0.3 is 5.97 Å². The lowest BCUT2D eigenvalue weighted by molar-refractivity contribution is -0.140.